The fourth-order valence-corrected chi connectivity index (χ4v) is 5.09. The highest BCUT2D eigenvalue weighted by Crippen LogP contribution is 2.24. The van der Waals surface area contributed by atoms with E-state index < -0.39 is 0 Å². The molecule has 2 unspecified atom stereocenters. The molecule has 2 aliphatic heterocycles. The normalized spacial score (nSPS) is 22.1. The van der Waals surface area contributed by atoms with Crippen LogP contribution in [-0.2, 0) is 20.9 Å². The van der Waals surface area contributed by atoms with E-state index in [9.17, 15) is 9.59 Å². The van der Waals surface area contributed by atoms with E-state index in [0.29, 0.717) is 37.0 Å². The lowest BCUT2D eigenvalue weighted by Gasteiger charge is -2.35. The van der Waals surface area contributed by atoms with Crippen molar-refractivity contribution in [1.82, 2.24) is 29.5 Å². The highest BCUT2D eigenvalue weighted by atomic mass is 32.2. The summed E-state index contributed by atoms with van der Waals surface area (Å²) in [5.41, 5.74) is 0.818. The van der Waals surface area contributed by atoms with Crippen molar-refractivity contribution in [2.45, 2.75) is 63.4 Å². The fraction of sp³-hybridized carbons (Fsp3) is 0.591. The van der Waals surface area contributed by atoms with Crippen molar-refractivity contribution in [3.63, 3.8) is 0 Å². The number of morpholine rings is 1. The number of amides is 2. The molecule has 0 bridgehead atoms. The number of aromatic nitrogens is 4. The zero-order valence-corrected chi connectivity index (χ0v) is 19.5. The van der Waals surface area contributed by atoms with Gasteiger partial charge in [0, 0.05) is 32.3 Å². The molecule has 2 saturated heterocycles. The fourth-order valence-electron chi connectivity index (χ4n) is 4.22. The van der Waals surface area contributed by atoms with Gasteiger partial charge in [-0.1, -0.05) is 18.2 Å². The van der Waals surface area contributed by atoms with E-state index in [1.807, 2.05) is 40.3 Å². The third kappa shape index (κ3) is 5.47. The molecule has 0 N–H and O–H groups in total. The predicted octanol–water partition coefficient (Wildman–Crippen LogP) is 2.29. The van der Waals surface area contributed by atoms with Crippen LogP contribution in [0, 0.1) is 0 Å². The first-order valence-electron chi connectivity index (χ1n) is 11.2. The molecule has 32 heavy (non-hydrogen) atoms. The SMILES string of the molecule is CC1CN(C(=O)CSc2nnc(CN3CCCCCC3=O)n2-c2cccnc2)CC(C)O1. The summed E-state index contributed by atoms with van der Waals surface area (Å²) in [5, 5.41) is 9.38. The predicted molar refractivity (Wildman–Crippen MR) is 120 cm³/mol. The molecule has 0 aliphatic carbocycles. The van der Waals surface area contributed by atoms with Crippen molar-refractivity contribution < 1.29 is 14.3 Å². The minimum absolute atomic E-state index is 0.0320. The minimum Gasteiger partial charge on any atom is -0.372 e. The molecule has 2 aliphatic rings. The second-order valence-electron chi connectivity index (χ2n) is 8.42. The number of likely N-dealkylation sites (tertiary alicyclic amines) is 1. The molecule has 2 amide bonds. The number of ether oxygens (including phenoxy) is 1. The van der Waals surface area contributed by atoms with Crippen LogP contribution in [-0.4, -0.2) is 79.0 Å². The van der Waals surface area contributed by atoms with Crippen molar-refractivity contribution in [2.24, 2.45) is 0 Å². The first-order valence-corrected chi connectivity index (χ1v) is 12.2. The quantitative estimate of drug-likeness (QED) is 0.613. The van der Waals surface area contributed by atoms with Crippen LogP contribution in [0.2, 0.25) is 0 Å². The van der Waals surface area contributed by atoms with Gasteiger partial charge in [-0.25, -0.2) is 0 Å². The average Bonchev–Trinajstić information content (AvgIpc) is 3.07. The molecule has 9 nitrogen and oxygen atoms in total. The van der Waals surface area contributed by atoms with Gasteiger partial charge < -0.3 is 14.5 Å². The Balaban J connectivity index is 1.52. The van der Waals surface area contributed by atoms with Gasteiger partial charge in [-0.15, -0.1) is 10.2 Å². The maximum Gasteiger partial charge on any atom is 0.233 e. The molecular formula is C22H30N6O3S. The number of thioether (sulfide) groups is 1. The molecule has 2 atom stereocenters. The molecule has 2 fully saturated rings. The molecule has 0 spiro atoms. The smallest absolute Gasteiger partial charge is 0.233 e. The van der Waals surface area contributed by atoms with Crippen LogP contribution in [0.3, 0.4) is 0 Å². The maximum absolute atomic E-state index is 12.8. The maximum atomic E-state index is 12.8. The van der Waals surface area contributed by atoms with Gasteiger partial charge in [-0.2, -0.15) is 0 Å². The van der Waals surface area contributed by atoms with E-state index in [1.165, 1.54) is 11.8 Å². The zero-order chi connectivity index (χ0) is 22.5. The zero-order valence-electron chi connectivity index (χ0n) is 18.6. The first kappa shape index (κ1) is 22.7. The van der Waals surface area contributed by atoms with Gasteiger partial charge in [-0.05, 0) is 38.8 Å². The van der Waals surface area contributed by atoms with E-state index in [1.54, 1.807) is 12.4 Å². The number of carbonyl (C=O) groups is 2. The molecule has 172 valence electrons. The van der Waals surface area contributed by atoms with Crippen molar-refractivity contribution >= 4 is 23.6 Å². The lowest BCUT2D eigenvalue weighted by molar-refractivity contribution is -0.140. The van der Waals surface area contributed by atoms with Crippen molar-refractivity contribution in [3.8, 4) is 5.69 Å². The third-order valence-electron chi connectivity index (χ3n) is 5.71. The van der Waals surface area contributed by atoms with E-state index in [4.69, 9.17) is 4.74 Å². The lowest BCUT2D eigenvalue weighted by atomic mass is 10.2. The number of carbonyl (C=O) groups excluding carboxylic acids is 2. The van der Waals surface area contributed by atoms with Gasteiger partial charge in [0.1, 0.15) is 0 Å². The van der Waals surface area contributed by atoms with Crippen LogP contribution in [0.4, 0.5) is 0 Å². The summed E-state index contributed by atoms with van der Waals surface area (Å²) < 4.78 is 7.64. The van der Waals surface area contributed by atoms with E-state index in [2.05, 4.69) is 15.2 Å². The Bertz CT molecular complexity index is 927. The monoisotopic (exact) mass is 458 g/mol. The summed E-state index contributed by atoms with van der Waals surface area (Å²) in [6, 6.07) is 3.79. The molecule has 0 saturated carbocycles. The molecule has 4 heterocycles. The Morgan fingerprint density at radius 3 is 2.75 bits per heavy atom. The molecule has 10 heteroatoms. The Morgan fingerprint density at radius 1 is 1.19 bits per heavy atom. The number of rotatable bonds is 6. The van der Waals surface area contributed by atoms with E-state index in [-0.39, 0.29) is 29.8 Å². The van der Waals surface area contributed by atoms with Crippen LogP contribution >= 0.6 is 11.8 Å². The van der Waals surface area contributed by atoms with Crippen LogP contribution in [0.5, 0.6) is 0 Å². The lowest BCUT2D eigenvalue weighted by Crippen LogP contribution is -2.48. The van der Waals surface area contributed by atoms with E-state index in [0.717, 1.165) is 31.5 Å². The molecule has 0 aromatic carbocycles. The van der Waals surface area contributed by atoms with Gasteiger partial charge >= 0.3 is 0 Å². The number of pyridine rings is 1. The van der Waals surface area contributed by atoms with Crippen LogP contribution < -0.4 is 0 Å². The van der Waals surface area contributed by atoms with E-state index >= 15 is 0 Å². The Morgan fingerprint density at radius 2 is 2.00 bits per heavy atom. The summed E-state index contributed by atoms with van der Waals surface area (Å²) in [7, 11) is 0. The highest BCUT2D eigenvalue weighted by Gasteiger charge is 2.27. The summed E-state index contributed by atoms with van der Waals surface area (Å²) in [5.74, 6) is 1.16. The topological polar surface area (TPSA) is 93.5 Å². The van der Waals surface area contributed by atoms with Gasteiger partial charge in [-0.3, -0.25) is 19.1 Å². The molecule has 2 aromatic heterocycles. The molecule has 2 aromatic rings. The molecular weight excluding hydrogens is 428 g/mol. The second kappa shape index (κ2) is 10.4. The second-order valence-corrected chi connectivity index (χ2v) is 9.36. The third-order valence-corrected chi connectivity index (χ3v) is 6.62. The molecule has 0 radical (unpaired) electrons. The summed E-state index contributed by atoms with van der Waals surface area (Å²) >= 11 is 1.36. The first-order chi connectivity index (χ1) is 15.5. The van der Waals surface area contributed by atoms with Crippen LogP contribution in [0.15, 0.2) is 29.7 Å². The van der Waals surface area contributed by atoms with Crippen molar-refractivity contribution in [3.05, 3.63) is 30.4 Å². The Labute approximate surface area is 192 Å². The van der Waals surface area contributed by atoms with Gasteiger partial charge in [0.25, 0.3) is 0 Å². The average molecular weight is 459 g/mol. The number of nitrogens with zero attached hydrogens (tertiary/aromatic N) is 6. The summed E-state index contributed by atoms with van der Waals surface area (Å²) in [6.45, 7) is 6.29. The number of hydrogen-bond acceptors (Lipinski definition) is 7. The number of hydrogen-bond donors (Lipinski definition) is 0. The standard InChI is InChI=1S/C22H30N6O3S/c1-16-12-27(13-17(2)31-16)21(30)15-32-22-25-24-19(28(22)18-7-6-9-23-11-18)14-26-10-5-3-4-8-20(26)29/h6-7,9,11,16-17H,3-5,8,10,12-15H2,1-2H3. The summed E-state index contributed by atoms with van der Waals surface area (Å²) in [4.78, 5) is 33.3. The Kier molecular flexibility index (Phi) is 7.41. The van der Waals surface area contributed by atoms with Crippen LogP contribution in [0.1, 0.15) is 45.4 Å². The molecule has 4 rings (SSSR count). The van der Waals surface area contributed by atoms with Crippen molar-refractivity contribution in [1.29, 1.82) is 0 Å². The highest BCUT2D eigenvalue weighted by molar-refractivity contribution is 7.99. The minimum atomic E-state index is 0.0320. The van der Waals surface area contributed by atoms with Gasteiger partial charge in [0.2, 0.25) is 11.8 Å². The van der Waals surface area contributed by atoms with Gasteiger partial charge in [0.05, 0.1) is 36.4 Å². The summed E-state index contributed by atoms with van der Waals surface area (Å²) in [6.07, 6.45) is 7.10. The van der Waals surface area contributed by atoms with Crippen molar-refractivity contribution in [2.75, 3.05) is 25.4 Å². The Hall–Kier alpha value is -2.46. The van der Waals surface area contributed by atoms with Crippen LogP contribution in [0.25, 0.3) is 5.69 Å². The largest absolute Gasteiger partial charge is 0.372 e. The van der Waals surface area contributed by atoms with Gasteiger partial charge in [0.15, 0.2) is 11.0 Å².